The van der Waals surface area contributed by atoms with Gasteiger partial charge < -0.3 is 29.9 Å². The van der Waals surface area contributed by atoms with E-state index in [9.17, 15) is 41.6 Å². The molecule has 16 nitrogen and oxygen atoms in total. The van der Waals surface area contributed by atoms with Crippen molar-refractivity contribution in [3.63, 3.8) is 0 Å². The molecule has 6 atom stereocenters. The Morgan fingerprint density at radius 1 is 1.11 bits per heavy atom. The topological polar surface area (TPSA) is 201 Å². The van der Waals surface area contributed by atoms with E-state index in [0.29, 0.717) is 43.2 Å². The molecule has 3 N–H and O–H groups in total. The molecular weight excluding hydrogens is 764 g/mol. The average Bonchev–Trinajstić information content (AvgIpc) is 4.02. The van der Waals surface area contributed by atoms with E-state index in [1.54, 1.807) is 46.0 Å². The summed E-state index contributed by atoms with van der Waals surface area (Å²) in [7, 11) is -2.42. The zero-order valence-corrected chi connectivity index (χ0v) is 33.4. The summed E-state index contributed by atoms with van der Waals surface area (Å²) in [5.74, 6) is -3.88. The lowest BCUT2D eigenvalue weighted by molar-refractivity contribution is -0.141. The lowest BCUT2D eigenvalue weighted by Gasteiger charge is -2.34. The number of hydrogen-bond acceptors (Lipinski definition) is 10. The van der Waals surface area contributed by atoms with Crippen LogP contribution >= 0.6 is 0 Å². The first-order valence-electron chi connectivity index (χ1n) is 19.3. The van der Waals surface area contributed by atoms with Gasteiger partial charge in [-0.05, 0) is 83.4 Å². The maximum absolute atomic E-state index is 14.8. The third-order valence-electron chi connectivity index (χ3n) is 11.1. The number of rotatable bonds is 7. The third-order valence-corrected chi connectivity index (χ3v) is 12.9. The highest BCUT2D eigenvalue weighted by Gasteiger charge is 2.62. The van der Waals surface area contributed by atoms with E-state index >= 15 is 0 Å². The minimum absolute atomic E-state index is 0.0450. The van der Waals surface area contributed by atoms with Crippen molar-refractivity contribution < 1.29 is 51.0 Å². The predicted octanol–water partition coefficient (Wildman–Crippen LogP) is 2.77. The van der Waals surface area contributed by atoms with E-state index in [1.807, 2.05) is 6.08 Å². The third kappa shape index (κ3) is 9.42. The minimum atomic E-state index is -3.98. The molecule has 6 amide bonds. The quantitative estimate of drug-likeness (QED) is 0.272. The molecule has 5 aliphatic rings. The number of alkyl carbamates (subject to hydrolysis) is 1. The molecule has 3 fully saturated rings. The number of sulfonamides is 1. The monoisotopic (exact) mass is 814 g/mol. The highest BCUT2D eigenvalue weighted by molar-refractivity contribution is 7.91. The summed E-state index contributed by atoms with van der Waals surface area (Å²) in [6, 6.07) is 1.25. The van der Waals surface area contributed by atoms with Crippen molar-refractivity contribution in [2.75, 3.05) is 13.6 Å². The van der Waals surface area contributed by atoms with Gasteiger partial charge in [0.2, 0.25) is 27.7 Å². The van der Waals surface area contributed by atoms with Crippen molar-refractivity contribution in [2.45, 2.75) is 126 Å². The van der Waals surface area contributed by atoms with Gasteiger partial charge in [0.25, 0.3) is 5.91 Å². The van der Waals surface area contributed by atoms with Crippen LogP contribution in [-0.2, 0) is 51.8 Å². The number of carbonyl (C=O) groups is 6. The van der Waals surface area contributed by atoms with Gasteiger partial charge in [-0.1, -0.05) is 30.9 Å². The molecule has 2 saturated carbocycles. The Bertz CT molecular complexity index is 1970. The Labute approximate surface area is 331 Å². The Kier molecular flexibility index (Phi) is 11.8. The number of halogens is 1. The van der Waals surface area contributed by atoms with Gasteiger partial charge in [0, 0.05) is 37.5 Å². The fraction of sp³-hybridized carbons (Fsp3) is 0.590. The van der Waals surface area contributed by atoms with Crippen molar-refractivity contribution in [1.82, 2.24) is 30.1 Å². The summed E-state index contributed by atoms with van der Waals surface area (Å²) >= 11 is 0. The zero-order chi connectivity index (χ0) is 41.4. The number of carbonyl (C=O) groups excluding carboxylic acids is 6. The Hall–Kier alpha value is -5.00. The number of hydrogen-bond donors (Lipinski definition) is 3. The van der Waals surface area contributed by atoms with Crippen LogP contribution in [-0.4, -0.2) is 113 Å². The molecule has 3 heterocycles. The van der Waals surface area contributed by atoms with Gasteiger partial charge in [-0.3, -0.25) is 28.8 Å². The first kappa shape index (κ1) is 41.6. The van der Waals surface area contributed by atoms with Gasteiger partial charge in [0.15, 0.2) is 0 Å². The second kappa shape index (κ2) is 16.1. The molecule has 1 saturated heterocycles. The van der Waals surface area contributed by atoms with Gasteiger partial charge in [0.05, 0.1) is 18.3 Å². The van der Waals surface area contributed by atoms with E-state index in [1.165, 1.54) is 20.8 Å². The van der Waals surface area contributed by atoms with Crippen LogP contribution in [0.15, 0.2) is 43.0 Å². The maximum Gasteiger partial charge on any atom is 0.410 e. The first-order chi connectivity index (χ1) is 26.8. The predicted molar refractivity (Wildman–Crippen MR) is 203 cm³/mol. The molecule has 3 unspecified atom stereocenters. The van der Waals surface area contributed by atoms with Crippen molar-refractivity contribution in [3.05, 3.63) is 60.0 Å². The number of fused-ring (bicyclic) bond motifs is 3. The molecule has 2 aliphatic carbocycles. The summed E-state index contributed by atoms with van der Waals surface area (Å²) in [5.41, 5.74) is -1.61. The molecule has 57 heavy (non-hydrogen) atoms. The number of likely N-dealkylation sites (N-methyl/N-ethyl adjacent to an activating group) is 1. The molecule has 1 aromatic carbocycles. The summed E-state index contributed by atoms with van der Waals surface area (Å²) < 4.78 is 53.7. The highest BCUT2D eigenvalue weighted by Crippen LogP contribution is 2.46. The lowest BCUT2D eigenvalue weighted by Crippen LogP contribution is -2.59. The van der Waals surface area contributed by atoms with Crippen LogP contribution in [0.25, 0.3) is 0 Å². The van der Waals surface area contributed by atoms with Crippen LogP contribution in [0.2, 0.25) is 0 Å². The summed E-state index contributed by atoms with van der Waals surface area (Å²) in [5, 5.41) is 4.71. The molecule has 0 spiro atoms. The molecule has 1 aromatic rings. The van der Waals surface area contributed by atoms with Crippen LogP contribution in [0.4, 0.5) is 14.0 Å². The van der Waals surface area contributed by atoms with Crippen molar-refractivity contribution >= 4 is 45.8 Å². The molecule has 0 bridgehead atoms. The lowest BCUT2D eigenvalue weighted by atomic mass is 9.98. The van der Waals surface area contributed by atoms with E-state index in [4.69, 9.17) is 9.47 Å². The van der Waals surface area contributed by atoms with E-state index in [-0.39, 0.29) is 38.9 Å². The number of nitrogens with one attached hydrogen (secondary N) is 3. The molecule has 18 heteroatoms. The van der Waals surface area contributed by atoms with Crippen LogP contribution < -0.4 is 15.4 Å². The highest BCUT2D eigenvalue weighted by atomic mass is 32.2. The van der Waals surface area contributed by atoms with E-state index in [0.717, 1.165) is 6.08 Å². The van der Waals surface area contributed by atoms with Gasteiger partial charge in [0.1, 0.15) is 35.1 Å². The zero-order valence-electron chi connectivity index (χ0n) is 32.6. The van der Waals surface area contributed by atoms with Crippen molar-refractivity contribution in [3.8, 4) is 0 Å². The molecule has 3 aliphatic heterocycles. The number of nitrogens with zero attached hydrogens (tertiary/aromatic N) is 3. The van der Waals surface area contributed by atoms with Crippen LogP contribution in [0, 0.1) is 11.7 Å². The molecule has 0 radical (unpaired) electrons. The molecular formula is C39H51FN6O10S. The number of allylic oxidation sites excluding steroid dienone is 1. The minimum Gasteiger partial charge on any atom is -0.444 e. The fourth-order valence-corrected chi connectivity index (χ4v) is 9.10. The Balaban J connectivity index is 1.32. The largest absolute Gasteiger partial charge is 0.444 e. The summed E-state index contributed by atoms with van der Waals surface area (Å²) in [6.45, 7) is 8.28. The fourth-order valence-electron chi connectivity index (χ4n) is 7.74. The van der Waals surface area contributed by atoms with Gasteiger partial charge >= 0.3 is 12.2 Å². The standard InChI is InChI=1S/C39H51FN6O10S/c1-6-32(47)44(5)25-13-9-7-8-12-24-19-39(24,35(50)43-57(53,54)27-15-16-27)42-33(48)31-18-26(55-37(52)45-20-23-11-10-14-29(40)28(23)22-45)21-46(31)34(49)30(17-25)41-36(51)56-38(2,3)4/h6,8,10-12,14,24-27,30-31H,1,7,9,13,15-22H2,2-5H3,(H,41,51)(H,42,48)(H,43,50)/b12-8-/t24?,25?,26-,30+,31?,39-/m1/s1. The Morgan fingerprint density at radius 2 is 1.84 bits per heavy atom. The second-order valence-corrected chi connectivity index (χ2v) is 18.5. The smallest absolute Gasteiger partial charge is 0.410 e. The van der Waals surface area contributed by atoms with Crippen molar-refractivity contribution in [2.24, 2.45) is 5.92 Å². The Morgan fingerprint density at radius 3 is 2.51 bits per heavy atom. The maximum atomic E-state index is 14.8. The average molecular weight is 815 g/mol. The van der Waals surface area contributed by atoms with Gasteiger partial charge in [-0.2, -0.15) is 0 Å². The van der Waals surface area contributed by atoms with Crippen LogP contribution in [0.3, 0.4) is 0 Å². The number of amides is 6. The van der Waals surface area contributed by atoms with E-state index in [2.05, 4.69) is 21.9 Å². The second-order valence-electron chi connectivity index (χ2n) is 16.5. The van der Waals surface area contributed by atoms with Crippen LogP contribution in [0.5, 0.6) is 0 Å². The number of ether oxygens (including phenoxy) is 2. The molecule has 310 valence electrons. The van der Waals surface area contributed by atoms with Crippen molar-refractivity contribution in [1.29, 1.82) is 0 Å². The summed E-state index contributed by atoms with van der Waals surface area (Å²) in [6.07, 6.45) is 3.96. The van der Waals surface area contributed by atoms with Gasteiger partial charge in [-0.25, -0.2) is 22.4 Å². The number of benzene rings is 1. The van der Waals surface area contributed by atoms with E-state index < -0.39 is 98.2 Å². The molecule has 0 aromatic heterocycles. The van der Waals surface area contributed by atoms with Crippen LogP contribution in [0.1, 0.15) is 83.3 Å². The van der Waals surface area contributed by atoms with Gasteiger partial charge in [-0.15, -0.1) is 0 Å². The summed E-state index contributed by atoms with van der Waals surface area (Å²) in [4.78, 5) is 86.4. The normalized spacial score (nSPS) is 28.3. The SMILES string of the molecule is C=CC(=O)N(C)C1CCC/C=C\C2C[C@@]2(C(=O)NS(=O)(=O)C2CC2)NC(=O)C2C[C@@H](OC(=O)N3Cc4cccc(F)c4C3)CN2C(=O)[C@@H](NC(=O)OC(C)(C)C)C1. The first-order valence-corrected chi connectivity index (χ1v) is 20.8. The molecule has 6 rings (SSSR count).